The first kappa shape index (κ1) is 14.5. The number of benzene rings is 1. The fourth-order valence-corrected chi connectivity index (χ4v) is 2.96. The Morgan fingerprint density at radius 1 is 1.38 bits per heavy atom. The Labute approximate surface area is 134 Å². The SMILES string of the molecule is Cc1nn(C)cc1Cn1c(CCl)nc2cc(F)c(Br)cc21. The average Bonchev–Trinajstić information content (AvgIpc) is 2.92. The molecule has 4 nitrogen and oxygen atoms in total. The molecule has 3 rings (SSSR count). The molecule has 1 aromatic carbocycles. The van der Waals surface area contributed by atoms with Crippen molar-refractivity contribution in [3.8, 4) is 0 Å². The summed E-state index contributed by atoms with van der Waals surface area (Å²) < 4.78 is 17.8. The van der Waals surface area contributed by atoms with Gasteiger partial charge >= 0.3 is 0 Å². The molecule has 0 saturated carbocycles. The second kappa shape index (κ2) is 5.42. The first-order valence-electron chi connectivity index (χ1n) is 6.39. The van der Waals surface area contributed by atoms with Crippen LogP contribution in [0.1, 0.15) is 17.1 Å². The lowest BCUT2D eigenvalue weighted by Gasteiger charge is -2.07. The Bertz CT molecular complexity index is 824. The smallest absolute Gasteiger partial charge is 0.139 e. The van der Waals surface area contributed by atoms with Gasteiger partial charge in [0.1, 0.15) is 11.6 Å². The highest BCUT2D eigenvalue weighted by molar-refractivity contribution is 9.10. The molecular weight excluding hydrogens is 359 g/mol. The van der Waals surface area contributed by atoms with Gasteiger partial charge in [-0.1, -0.05) is 0 Å². The first-order chi connectivity index (χ1) is 9.99. The summed E-state index contributed by atoms with van der Waals surface area (Å²) in [5, 5.41) is 4.34. The molecule has 0 spiro atoms. The van der Waals surface area contributed by atoms with Crippen LogP contribution in [-0.4, -0.2) is 19.3 Å². The van der Waals surface area contributed by atoms with Gasteiger partial charge in [-0.15, -0.1) is 11.6 Å². The average molecular weight is 372 g/mol. The van der Waals surface area contributed by atoms with E-state index < -0.39 is 0 Å². The molecule has 7 heteroatoms. The van der Waals surface area contributed by atoms with Crippen molar-refractivity contribution in [1.29, 1.82) is 0 Å². The zero-order chi connectivity index (χ0) is 15.1. The van der Waals surface area contributed by atoms with Crippen molar-refractivity contribution in [2.75, 3.05) is 0 Å². The van der Waals surface area contributed by atoms with Crippen LogP contribution in [0.4, 0.5) is 4.39 Å². The van der Waals surface area contributed by atoms with Crippen molar-refractivity contribution in [1.82, 2.24) is 19.3 Å². The van der Waals surface area contributed by atoms with E-state index in [2.05, 4.69) is 26.0 Å². The molecule has 0 atom stereocenters. The monoisotopic (exact) mass is 370 g/mol. The Kier molecular flexibility index (Phi) is 3.75. The lowest BCUT2D eigenvalue weighted by molar-refractivity contribution is 0.622. The van der Waals surface area contributed by atoms with Gasteiger partial charge in [-0.3, -0.25) is 4.68 Å². The van der Waals surface area contributed by atoms with Crippen molar-refractivity contribution >= 4 is 38.6 Å². The van der Waals surface area contributed by atoms with Gasteiger partial charge in [0.25, 0.3) is 0 Å². The number of imidazole rings is 1. The number of hydrogen-bond donors (Lipinski definition) is 0. The summed E-state index contributed by atoms with van der Waals surface area (Å²) >= 11 is 9.20. The number of hydrogen-bond acceptors (Lipinski definition) is 2. The molecule has 21 heavy (non-hydrogen) atoms. The van der Waals surface area contributed by atoms with Gasteiger partial charge in [0.05, 0.1) is 33.6 Å². The summed E-state index contributed by atoms with van der Waals surface area (Å²) in [6.07, 6.45) is 1.97. The van der Waals surface area contributed by atoms with Gasteiger partial charge in [-0.25, -0.2) is 9.37 Å². The minimum absolute atomic E-state index is 0.271. The minimum atomic E-state index is -0.328. The normalized spacial score (nSPS) is 11.5. The van der Waals surface area contributed by atoms with Crippen LogP contribution in [0.25, 0.3) is 11.0 Å². The zero-order valence-corrected chi connectivity index (χ0v) is 13.9. The quantitative estimate of drug-likeness (QED) is 0.657. The van der Waals surface area contributed by atoms with Crippen molar-refractivity contribution in [3.63, 3.8) is 0 Å². The van der Waals surface area contributed by atoms with Crippen molar-refractivity contribution in [2.24, 2.45) is 7.05 Å². The maximum absolute atomic E-state index is 13.6. The summed E-state index contributed by atoms with van der Waals surface area (Å²) in [5.74, 6) is 0.658. The summed E-state index contributed by atoms with van der Waals surface area (Å²) in [6.45, 7) is 2.57. The molecule has 0 N–H and O–H groups in total. The van der Waals surface area contributed by atoms with E-state index in [1.807, 2.05) is 24.7 Å². The number of fused-ring (bicyclic) bond motifs is 1. The summed E-state index contributed by atoms with van der Waals surface area (Å²) in [6, 6.07) is 3.15. The predicted molar refractivity (Wildman–Crippen MR) is 84.0 cm³/mol. The van der Waals surface area contributed by atoms with Gasteiger partial charge in [0, 0.05) is 24.9 Å². The lowest BCUT2D eigenvalue weighted by atomic mass is 10.2. The van der Waals surface area contributed by atoms with E-state index in [-0.39, 0.29) is 11.7 Å². The maximum Gasteiger partial charge on any atom is 0.139 e. The van der Waals surface area contributed by atoms with Gasteiger partial charge in [0.2, 0.25) is 0 Å². The summed E-state index contributed by atoms with van der Waals surface area (Å²) in [5.41, 5.74) is 3.50. The van der Waals surface area contributed by atoms with Crippen molar-refractivity contribution < 1.29 is 4.39 Å². The van der Waals surface area contributed by atoms with E-state index in [9.17, 15) is 4.39 Å². The molecule has 0 aliphatic heterocycles. The predicted octanol–water partition coefficient (Wildman–Crippen LogP) is 3.77. The van der Waals surface area contributed by atoms with E-state index in [1.54, 1.807) is 10.7 Å². The van der Waals surface area contributed by atoms with Crippen molar-refractivity contribution in [2.45, 2.75) is 19.3 Å². The van der Waals surface area contributed by atoms with Crippen LogP contribution in [0.2, 0.25) is 0 Å². The van der Waals surface area contributed by atoms with Crippen LogP contribution in [-0.2, 0) is 19.5 Å². The Morgan fingerprint density at radius 2 is 2.14 bits per heavy atom. The molecule has 0 bridgehead atoms. The van der Waals surface area contributed by atoms with Crippen LogP contribution in [0.15, 0.2) is 22.8 Å². The van der Waals surface area contributed by atoms with E-state index in [0.717, 1.165) is 16.8 Å². The molecule has 0 amide bonds. The molecule has 0 saturated heterocycles. The summed E-state index contributed by atoms with van der Waals surface area (Å²) in [7, 11) is 1.89. The van der Waals surface area contributed by atoms with Crippen LogP contribution < -0.4 is 0 Å². The lowest BCUT2D eigenvalue weighted by Crippen LogP contribution is -2.04. The standard InChI is InChI=1S/C14H13BrClFN4/c1-8-9(6-20(2)19-8)7-21-13-3-10(15)11(17)4-12(13)18-14(21)5-16/h3-4,6H,5,7H2,1-2H3. The Balaban J connectivity index is 2.16. The Morgan fingerprint density at radius 3 is 2.76 bits per heavy atom. The third kappa shape index (κ3) is 2.58. The minimum Gasteiger partial charge on any atom is -0.322 e. The molecule has 0 fully saturated rings. The molecule has 0 unspecified atom stereocenters. The third-order valence-electron chi connectivity index (χ3n) is 3.43. The van der Waals surface area contributed by atoms with Gasteiger partial charge in [-0.05, 0) is 28.9 Å². The van der Waals surface area contributed by atoms with E-state index in [4.69, 9.17) is 11.6 Å². The largest absolute Gasteiger partial charge is 0.322 e. The highest BCUT2D eigenvalue weighted by Crippen LogP contribution is 2.26. The van der Waals surface area contributed by atoms with E-state index in [0.29, 0.717) is 22.4 Å². The maximum atomic E-state index is 13.6. The summed E-state index contributed by atoms with van der Waals surface area (Å²) in [4.78, 5) is 4.41. The number of nitrogens with zero attached hydrogens (tertiary/aromatic N) is 4. The van der Waals surface area contributed by atoms with E-state index in [1.165, 1.54) is 6.07 Å². The van der Waals surface area contributed by atoms with E-state index >= 15 is 0 Å². The van der Waals surface area contributed by atoms with Gasteiger partial charge in [0.15, 0.2) is 0 Å². The van der Waals surface area contributed by atoms with Gasteiger partial charge in [-0.2, -0.15) is 5.10 Å². The molecule has 110 valence electrons. The molecule has 0 aliphatic rings. The zero-order valence-electron chi connectivity index (χ0n) is 11.6. The first-order valence-corrected chi connectivity index (χ1v) is 7.71. The number of aryl methyl sites for hydroxylation is 2. The third-order valence-corrected chi connectivity index (χ3v) is 4.28. The number of aromatic nitrogens is 4. The number of rotatable bonds is 3. The fourth-order valence-electron chi connectivity index (χ4n) is 2.42. The second-order valence-corrected chi connectivity index (χ2v) is 6.04. The highest BCUT2D eigenvalue weighted by atomic mass is 79.9. The Hall–Kier alpha value is -1.40. The van der Waals surface area contributed by atoms with Gasteiger partial charge < -0.3 is 4.57 Å². The van der Waals surface area contributed by atoms with Crippen molar-refractivity contribution in [3.05, 3.63) is 45.7 Å². The second-order valence-electron chi connectivity index (χ2n) is 4.92. The fraction of sp³-hybridized carbons (Fsp3) is 0.286. The molecule has 0 aliphatic carbocycles. The molecular formula is C14H13BrClFN4. The van der Waals surface area contributed by atoms with Crippen LogP contribution in [0, 0.1) is 12.7 Å². The number of halogens is 3. The molecule has 2 heterocycles. The topological polar surface area (TPSA) is 35.6 Å². The number of alkyl halides is 1. The van der Waals surface area contributed by atoms with Crippen LogP contribution in [0.3, 0.4) is 0 Å². The molecule has 3 aromatic rings. The molecule has 0 radical (unpaired) electrons. The van der Waals surface area contributed by atoms with Crippen LogP contribution >= 0.6 is 27.5 Å². The highest BCUT2D eigenvalue weighted by Gasteiger charge is 2.15. The molecule has 2 aromatic heterocycles. The van der Waals surface area contributed by atoms with Crippen LogP contribution in [0.5, 0.6) is 0 Å².